The van der Waals surface area contributed by atoms with Gasteiger partial charge in [-0.2, -0.15) is 5.26 Å². The highest BCUT2D eigenvalue weighted by Gasteiger charge is 2.06. The van der Waals surface area contributed by atoms with E-state index in [1.165, 1.54) is 19.2 Å². The number of hydrogen-bond acceptors (Lipinski definition) is 3. The first kappa shape index (κ1) is 11.2. The molecular formula is C10H10F2N2O. The van der Waals surface area contributed by atoms with Crippen molar-refractivity contribution in [2.24, 2.45) is 0 Å². The van der Waals surface area contributed by atoms with Crippen molar-refractivity contribution in [2.75, 3.05) is 19.0 Å². The Balaban J connectivity index is 2.87. The first-order valence-electron chi connectivity index (χ1n) is 4.27. The second-order valence-corrected chi connectivity index (χ2v) is 2.80. The highest BCUT2D eigenvalue weighted by Crippen LogP contribution is 2.21. The SMILES string of the molecule is COc1ccc(C#N)c(NCC(F)F)c1. The second-order valence-electron chi connectivity index (χ2n) is 2.80. The molecule has 0 saturated heterocycles. The lowest BCUT2D eigenvalue weighted by atomic mass is 10.2. The topological polar surface area (TPSA) is 45.0 Å². The third kappa shape index (κ3) is 3.09. The molecule has 5 heteroatoms. The van der Waals surface area contributed by atoms with Crippen molar-refractivity contribution in [3.05, 3.63) is 23.8 Å². The fraction of sp³-hybridized carbons (Fsp3) is 0.300. The van der Waals surface area contributed by atoms with E-state index in [0.29, 0.717) is 17.0 Å². The van der Waals surface area contributed by atoms with Crippen LogP contribution in [0.2, 0.25) is 0 Å². The van der Waals surface area contributed by atoms with Crippen molar-refractivity contribution >= 4 is 5.69 Å². The third-order valence-electron chi connectivity index (χ3n) is 1.79. The van der Waals surface area contributed by atoms with Crippen LogP contribution in [-0.4, -0.2) is 20.1 Å². The average molecular weight is 212 g/mol. The Morgan fingerprint density at radius 1 is 1.53 bits per heavy atom. The van der Waals surface area contributed by atoms with Crippen LogP contribution in [0.15, 0.2) is 18.2 Å². The minimum absolute atomic E-state index is 0.316. The molecule has 0 fully saturated rings. The number of alkyl halides is 2. The Bertz CT molecular complexity index is 374. The van der Waals surface area contributed by atoms with Gasteiger partial charge >= 0.3 is 0 Å². The van der Waals surface area contributed by atoms with Gasteiger partial charge in [-0.3, -0.25) is 0 Å². The molecule has 0 aliphatic rings. The summed E-state index contributed by atoms with van der Waals surface area (Å²) in [5.41, 5.74) is 0.675. The van der Waals surface area contributed by atoms with E-state index in [2.05, 4.69) is 5.32 Å². The van der Waals surface area contributed by atoms with Gasteiger partial charge in [-0.15, -0.1) is 0 Å². The lowest BCUT2D eigenvalue weighted by Crippen LogP contribution is -2.11. The molecule has 0 aromatic heterocycles. The maximum absolute atomic E-state index is 12.0. The smallest absolute Gasteiger partial charge is 0.255 e. The van der Waals surface area contributed by atoms with Crippen LogP contribution in [0.3, 0.4) is 0 Å². The summed E-state index contributed by atoms with van der Waals surface area (Å²) in [6, 6.07) is 6.55. The number of nitrogens with one attached hydrogen (secondary N) is 1. The summed E-state index contributed by atoms with van der Waals surface area (Å²) in [7, 11) is 1.47. The van der Waals surface area contributed by atoms with Gasteiger partial charge in [0, 0.05) is 6.07 Å². The zero-order chi connectivity index (χ0) is 11.3. The van der Waals surface area contributed by atoms with Crippen LogP contribution in [0, 0.1) is 11.3 Å². The molecule has 1 aromatic rings. The summed E-state index contributed by atoms with van der Waals surface area (Å²) in [6.45, 7) is -0.484. The minimum atomic E-state index is -2.46. The molecule has 15 heavy (non-hydrogen) atoms. The maximum atomic E-state index is 12.0. The van der Waals surface area contributed by atoms with Crippen LogP contribution in [-0.2, 0) is 0 Å². The molecule has 1 N–H and O–H groups in total. The van der Waals surface area contributed by atoms with E-state index in [1.807, 2.05) is 6.07 Å². The predicted molar refractivity (Wildman–Crippen MR) is 52.2 cm³/mol. The van der Waals surface area contributed by atoms with E-state index in [0.717, 1.165) is 0 Å². The largest absolute Gasteiger partial charge is 0.497 e. The van der Waals surface area contributed by atoms with Crippen molar-refractivity contribution in [3.63, 3.8) is 0 Å². The summed E-state index contributed by atoms with van der Waals surface area (Å²) in [4.78, 5) is 0. The van der Waals surface area contributed by atoms with E-state index in [-0.39, 0.29) is 0 Å². The monoisotopic (exact) mass is 212 g/mol. The molecule has 0 bridgehead atoms. The number of benzene rings is 1. The number of ether oxygens (including phenoxy) is 1. The average Bonchev–Trinajstić information content (AvgIpc) is 2.25. The summed E-state index contributed by atoms with van der Waals surface area (Å²) >= 11 is 0. The molecule has 0 aliphatic heterocycles. The molecule has 0 atom stereocenters. The lowest BCUT2D eigenvalue weighted by Gasteiger charge is -2.09. The summed E-state index contributed by atoms with van der Waals surface area (Å²) in [5.74, 6) is 0.519. The Morgan fingerprint density at radius 3 is 2.80 bits per heavy atom. The number of anilines is 1. The molecule has 0 saturated carbocycles. The number of hydrogen-bond donors (Lipinski definition) is 1. The summed E-state index contributed by atoms with van der Waals surface area (Å²) in [5, 5.41) is 11.2. The molecule has 80 valence electrons. The zero-order valence-electron chi connectivity index (χ0n) is 8.13. The van der Waals surface area contributed by atoms with Gasteiger partial charge in [-0.1, -0.05) is 0 Å². The van der Waals surface area contributed by atoms with Gasteiger partial charge in [0.15, 0.2) is 0 Å². The molecular weight excluding hydrogens is 202 g/mol. The molecule has 0 aliphatic carbocycles. The fourth-order valence-corrected chi connectivity index (χ4v) is 1.08. The van der Waals surface area contributed by atoms with Crippen LogP contribution in [0.4, 0.5) is 14.5 Å². The summed E-state index contributed by atoms with van der Waals surface area (Å²) in [6.07, 6.45) is -2.46. The molecule has 0 heterocycles. The number of methoxy groups -OCH3 is 1. The Labute approximate surface area is 86.3 Å². The van der Waals surface area contributed by atoms with Crippen LogP contribution >= 0.6 is 0 Å². The van der Waals surface area contributed by atoms with E-state index >= 15 is 0 Å². The van der Waals surface area contributed by atoms with Crippen LogP contribution in [0.25, 0.3) is 0 Å². The van der Waals surface area contributed by atoms with Gasteiger partial charge in [-0.25, -0.2) is 8.78 Å². The van der Waals surface area contributed by atoms with Gasteiger partial charge in [0.25, 0.3) is 6.43 Å². The third-order valence-corrected chi connectivity index (χ3v) is 1.79. The maximum Gasteiger partial charge on any atom is 0.255 e. The highest BCUT2D eigenvalue weighted by atomic mass is 19.3. The molecule has 1 rings (SSSR count). The van der Waals surface area contributed by atoms with E-state index in [4.69, 9.17) is 10.00 Å². The first-order chi connectivity index (χ1) is 7.17. The van der Waals surface area contributed by atoms with Crippen molar-refractivity contribution in [1.82, 2.24) is 0 Å². The van der Waals surface area contributed by atoms with Crippen LogP contribution in [0.5, 0.6) is 5.75 Å². The van der Waals surface area contributed by atoms with E-state index in [9.17, 15) is 8.78 Å². The van der Waals surface area contributed by atoms with Crippen LogP contribution in [0.1, 0.15) is 5.56 Å². The van der Waals surface area contributed by atoms with Crippen molar-refractivity contribution < 1.29 is 13.5 Å². The predicted octanol–water partition coefficient (Wildman–Crippen LogP) is 2.24. The molecule has 0 radical (unpaired) electrons. The van der Waals surface area contributed by atoms with Crippen LogP contribution < -0.4 is 10.1 Å². The van der Waals surface area contributed by atoms with Gasteiger partial charge < -0.3 is 10.1 Å². The molecule has 3 nitrogen and oxygen atoms in total. The Kier molecular flexibility index (Phi) is 3.86. The molecule has 1 aromatic carbocycles. The van der Waals surface area contributed by atoms with Gasteiger partial charge in [-0.05, 0) is 12.1 Å². The molecule has 0 spiro atoms. The first-order valence-corrected chi connectivity index (χ1v) is 4.27. The van der Waals surface area contributed by atoms with Crippen molar-refractivity contribution in [1.29, 1.82) is 5.26 Å². The normalized spacial score (nSPS) is 9.80. The van der Waals surface area contributed by atoms with Crippen molar-refractivity contribution in [2.45, 2.75) is 6.43 Å². The number of rotatable bonds is 4. The van der Waals surface area contributed by atoms with Gasteiger partial charge in [0.1, 0.15) is 11.8 Å². The van der Waals surface area contributed by atoms with Crippen molar-refractivity contribution in [3.8, 4) is 11.8 Å². The highest BCUT2D eigenvalue weighted by molar-refractivity contribution is 5.60. The molecule has 0 unspecified atom stereocenters. The number of halogens is 2. The minimum Gasteiger partial charge on any atom is -0.497 e. The van der Waals surface area contributed by atoms with E-state index in [1.54, 1.807) is 6.07 Å². The lowest BCUT2D eigenvalue weighted by molar-refractivity contribution is 0.163. The Morgan fingerprint density at radius 2 is 2.27 bits per heavy atom. The quantitative estimate of drug-likeness (QED) is 0.832. The number of nitrogens with zero attached hydrogens (tertiary/aromatic N) is 1. The fourth-order valence-electron chi connectivity index (χ4n) is 1.08. The van der Waals surface area contributed by atoms with Gasteiger partial charge in [0.2, 0.25) is 0 Å². The van der Waals surface area contributed by atoms with E-state index < -0.39 is 13.0 Å². The Hall–Kier alpha value is -1.83. The standard InChI is InChI=1S/C10H10F2N2O/c1-15-8-3-2-7(5-13)9(4-8)14-6-10(11)12/h2-4,10,14H,6H2,1H3. The van der Waals surface area contributed by atoms with Gasteiger partial charge in [0.05, 0.1) is 24.9 Å². The number of nitriles is 1. The second kappa shape index (κ2) is 5.15. The zero-order valence-corrected chi connectivity index (χ0v) is 8.13. The molecule has 0 amide bonds. The summed E-state index contributed by atoms with van der Waals surface area (Å²) < 4.78 is 28.8.